The smallest absolute Gasteiger partial charge is 0.338 e. The van der Waals surface area contributed by atoms with Crippen molar-refractivity contribution in [3.8, 4) is 0 Å². The number of hydrogen-bond acceptors (Lipinski definition) is 3. The van der Waals surface area contributed by atoms with Gasteiger partial charge in [-0.25, -0.2) is 9.18 Å². The largest absolute Gasteiger partial charge is 0.461 e. The van der Waals surface area contributed by atoms with Crippen molar-refractivity contribution >= 4 is 18.4 Å². The van der Waals surface area contributed by atoms with E-state index >= 15 is 0 Å². The maximum Gasteiger partial charge on any atom is 0.338 e. The van der Waals surface area contributed by atoms with E-state index in [1.807, 2.05) is 0 Å². The minimum Gasteiger partial charge on any atom is -0.461 e. The predicted molar refractivity (Wildman–Crippen MR) is 71.7 cm³/mol. The van der Waals surface area contributed by atoms with Crippen molar-refractivity contribution in [1.82, 2.24) is 4.90 Å². The Morgan fingerprint density at radius 2 is 1.78 bits per heavy atom. The number of halogens is 2. The third kappa shape index (κ3) is 5.47. The summed E-state index contributed by atoms with van der Waals surface area (Å²) in [5.74, 6) is -0.762. The highest BCUT2D eigenvalue weighted by Crippen LogP contribution is 2.04. The molecule has 0 saturated heterocycles. The fourth-order valence-corrected chi connectivity index (χ4v) is 1.48. The number of hydrogen-bond donors (Lipinski definition) is 0. The van der Waals surface area contributed by atoms with E-state index in [1.54, 1.807) is 0 Å². The number of esters is 1. The van der Waals surface area contributed by atoms with Gasteiger partial charge in [0.2, 0.25) is 0 Å². The van der Waals surface area contributed by atoms with Crippen molar-refractivity contribution in [2.24, 2.45) is 0 Å². The summed E-state index contributed by atoms with van der Waals surface area (Å²) in [6.45, 7) is 7.07. The predicted octanol–water partition coefficient (Wildman–Crippen LogP) is 2.75. The first-order valence-electron chi connectivity index (χ1n) is 5.82. The summed E-state index contributed by atoms with van der Waals surface area (Å²) in [4.78, 5) is 13.7. The molecule has 0 aromatic heterocycles. The van der Waals surface area contributed by atoms with Crippen LogP contribution >= 0.6 is 12.4 Å². The van der Waals surface area contributed by atoms with Crippen LogP contribution < -0.4 is 0 Å². The van der Waals surface area contributed by atoms with E-state index in [1.165, 1.54) is 24.3 Å². The second-order valence-corrected chi connectivity index (χ2v) is 3.67. The fraction of sp³-hybridized carbons (Fsp3) is 0.462. The van der Waals surface area contributed by atoms with Gasteiger partial charge in [-0.05, 0) is 37.4 Å². The van der Waals surface area contributed by atoms with E-state index in [4.69, 9.17) is 4.74 Å². The molecule has 0 fully saturated rings. The molecule has 0 amide bonds. The molecule has 0 bridgehead atoms. The van der Waals surface area contributed by atoms with Gasteiger partial charge in [0.05, 0.1) is 5.56 Å². The number of benzene rings is 1. The van der Waals surface area contributed by atoms with Gasteiger partial charge in [0.15, 0.2) is 0 Å². The average Bonchev–Trinajstić information content (AvgIpc) is 2.35. The van der Waals surface area contributed by atoms with Crippen molar-refractivity contribution in [1.29, 1.82) is 0 Å². The van der Waals surface area contributed by atoms with Crippen molar-refractivity contribution in [2.45, 2.75) is 13.8 Å². The number of carbonyl (C=O) groups excluding carboxylic acids is 1. The minimum atomic E-state index is -0.405. The summed E-state index contributed by atoms with van der Waals surface area (Å²) in [6.07, 6.45) is 0. The fourth-order valence-electron chi connectivity index (χ4n) is 1.48. The highest BCUT2D eigenvalue weighted by molar-refractivity contribution is 5.89. The summed E-state index contributed by atoms with van der Waals surface area (Å²) >= 11 is 0. The number of carbonyl (C=O) groups is 1. The molecule has 102 valence electrons. The topological polar surface area (TPSA) is 29.5 Å². The first-order valence-corrected chi connectivity index (χ1v) is 5.82. The minimum absolute atomic E-state index is 0. The van der Waals surface area contributed by atoms with E-state index in [2.05, 4.69) is 18.7 Å². The molecule has 0 heterocycles. The molecule has 1 aromatic rings. The Kier molecular flexibility index (Phi) is 8.33. The van der Waals surface area contributed by atoms with E-state index in [0.717, 1.165) is 19.6 Å². The van der Waals surface area contributed by atoms with Crippen molar-refractivity contribution in [2.75, 3.05) is 26.2 Å². The molecule has 0 atom stereocenters. The second-order valence-electron chi connectivity index (χ2n) is 3.67. The Balaban J connectivity index is 0.00000289. The van der Waals surface area contributed by atoms with Gasteiger partial charge in [0.1, 0.15) is 12.4 Å². The summed E-state index contributed by atoms with van der Waals surface area (Å²) in [7, 11) is 0. The average molecular weight is 276 g/mol. The van der Waals surface area contributed by atoms with E-state index in [0.29, 0.717) is 12.2 Å². The Labute approximate surface area is 113 Å². The van der Waals surface area contributed by atoms with Crippen LogP contribution in [0.25, 0.3) is 0 Å². The molecule has 0 aliphatic carbocycles. The first kappa shape index (κ1) is 16.9. The normalized spacial score (nSPS) is 10.0. The summed E-state index contributed by atoms with van der Waals surface area (Å²) in [6, 6.07) is 5.35. The Bertz CT molecular complexity index is 353. The lowest BCUT2D eigenvalue weighted by Crippen LogP contribution is -2.27. The van der Waals surface area contributed by atoms with Crippen LogP contribution in [0.2, 0.25) is 0 Å². The van der Waals surface area contributed by atoms with Gasteiger partial charge in [-0.15, -0.1) is 12.4 Å². The molecule has 18 heavy (non-hydrogen) atoms. The van der Waals surface area contributed by atoms with Crippen LogP contribution in [0.1, 0.15) is 24.2 Å². The molecule has 0 N–H and O–H groups in total. The van der Waals surface area contributed by atoms with Gasteiger partial charge in [0, 0.05) is 6.54 Å². The first-order chi connectivity index (χ1) is 8.17. The molecule has 0 unspecified atom stereocenters. The second kappa shape index (κ2) is 8.89. The van der Waals surface area contributed by atoms with Crippen LogP contribution in [-0.2, 0) is 4.74 Å². The SMILES string of the molecule is CCN(CC)CCOC(=O)c1ccc(F)cc1.Cl. The van der Waals surface area contributed by atoms with Gasteiger partial charge in [0.25, 0.3) is 0 Å². The quantitative estimate of drug-likeness (QED) is 0.748. The summed E-state index contributed by atoms with van der Waals surface area (Å²) in [5, 5.41) is 0. The molecular formula is C13H19ClFNO2. The molecule has 0 aliphatic heterocycles. The lowest BCUT2D eigenvalue weighted by Gasteiger charge is -2.17. The van der Waals surface area contributed by atoms with E-state index in [9.17, 15) is 9.18 Å². The van der Waals surface area contributed by atoms with Crippen molar-refractivity contribution < 1.29 is 13.9 Å². The van der Waals surface area contributed by atoms with Gasteiger partial charge < -0.3 is 9.64 Å². The van der Waals surface area contributed by atoms with Crippen LogP contribution in [0.15, 0.2) is 24.3 Å². The molecule has 3 nitrogen and oxygen atoms in total. The maximum atomic E-state index is 12.6. The third-order valence-electron chi connectivity index (χ3n) is 2.62. The number of ether oxygens (including phenoxy) is 1. The Morgan fingerprint density at radius 3 is 2.28 bits per heavy atom. The zero-order chi connectivity index (χ0) is 12.7. The molecule has 0 saturated carbocycles. The molecule has 1 rings (SSSR count). The molecule has 0 radical (unpaired) electrons. The van der Waals surface area contributed by atoms with Crippen LogP contribution in [0.4, 0.5) is 4.39 Å². The summed E-state index contributed by atoms with van der Waals surface area (Å²) in [5.41, 5.74) is 0.381. The zero-order valence-corrected chi connectivity index (χ0v) is 11.5. The van der Waals surface area contributed by atoms with Crippen LogP contribution in [0.3, 0.4) is 0 Å². The number of nitrogens with zero attached hydrogens (tertiary/aromatic N) is 1. The standard InChI is InChI=1S/C13H18FNO2.ClH/c1-3-15(4-2)9-10-17-13(16)11-5-7-12(14)8-6-11;/h5-8H,3-4,9-10H2,1-2H3;1H. The van der Waals surface area contributed by atoms with Crippen LogP contribution in [0.5, 0.6) is 0 Å². The van der Waals surface area contributed by atoms with E-state index in [-0.39, 0.29) is 18.2 Å². The summed E-state index contributed by atoms with van der Waals surface area (Å²) < 4.78 is 17.7. The maximum absolute atomic E-state index is 12.6. The van der Waals surface area contributed by atoms with Gasteiger partial charge in [-0.2, -0.15) is 0 Å². The van der Waals surface area contributed by atoms with Gasteiger partial charge in [-0.1, -0.05) is 13.8 Å². The highest BCUT2D eigenvalue weighted by atomic mass is 35.5. The van der Waals surface area contributed by atoms with Crippen molar-refractivity contribution in [3.63, 3.8) is 0 Å². The zero-order valence-electron chi connectivity index (χ0n) is 10.7. The van der Waals surface area contributed by atoms with E-state index < -0.39 is 5.97 Å². The van der Waals surface area contributed by atoms with Crippen LogP contribution in [-0.4, -0.2) is 37.1 Å². The monoisotopic (exact) mass is 275 g/mol. The number of likely N-dealkylation sites (N-methyl/N-ethyl adjacent to an activating group) is 1. The third-order valence-corrected chi connectivity index (χ3v) is 2.62. The number of rotatable bonds is 6. The molecular weight excluding hydrogens is 257 g/mol. The Hall–Kier alpha value is -1.13. The Morgan fingerprint density at radius 1 is 1.22 bits per heavy atom. The molecule has 1 aromatic carbocycles. The lowest BCUT2D eigenvalue weighted by molar-refractivity contribution is 0.0466. The van der Waals surface area contributed by atoms with Gasteiger partial charge in [-0.3, -0.25) is 0 Å². The lowest BCUT2D eigenvalue weighted by atomic mass is 10.2. The van der Waals surface area contributed by atoms with Crippen molar-refractivity contribution in [3.05, 3.63) is 35.6 Å². The molecule has 0 aliphatic rings. The van der Waals surface area contributed by atoms with Crippen LogP contribution in [0, 0.1) is 5.82 Å². The highest BCUT2D eigenvalue weighted by Gasteiger charge is 2.07. The van der Waals surface area contributed by atoms with Gasteiger partial charge >= 0.3 is 5.97 Å². The molecule has 5 heteroatoms. The molecule has 0 spiro atoms.